The lowest BCUT2D eigenvalue weighted by Gasteiger charge is -2.16. The van der Waals surface area contributed by atoms with Gasteiger partial charge in [0, 0.05) is 38.4 Å². The monoisotopic (exact) mass is 489 g/mol. The van der Waals surface area contributed by atoms with Gasteiger partial charge < -0.3 is 4.74 Å². The lowest BCUT2D eigenvalue weighted by atomic mass is 9.91. The quantitative estimate of drug-likeness (QED) is 0.207. The summed E-state index contributed by atoms with van der Waals surface area (Å²) in [5.41, 5.74) is 8.48. The zero-order chi connectivity index (χ0) is 24.3. The number of fused-ring (bicyclic) bond motifs is 1. The summed E-state index contributed by atoms with van der Waals surface area (Å²) in [5.74, 6) is 2.91. The molecule has 2 aromatic heterocycles. The minimum atomic E-state index is 0. The molecule has 1 atom stereocenters. The number of hydrogen-bond acceptors (Lipinski definition) is 4. The highest BCUT2D eigenvalue weighted by molar-refractivity contribution is 5.78. The number of H-pyrrole nitrogens is 1. The Morgan fingerprint density at radius 1 is 1.08 bits per heavy atom. The first-order chi connectivity index (χ1) is 16.6. The van der Waals surface area contributed by atoms with Crippen LogP contribution >= 0.6 is 0 Å². The molecule has 0 amide bonds. The second kappa shape index (κ2) is 15.2. The van der Waals surface area contributed by atoms with Gasteiger partial charge in [-0.3, -0.25) is 14.9 Å². The molecule has 1 unspecified atom stereocenters. The number of carbonyl (C=O) groups excluding carboxylic acids is 1. The molecule has 4 aromatic rings. The van der Waals surface area contributed by atoms with Gasteiger partial charge in [-0.05, 0) is 59.4 Å². The zero-order valence-electron chi connectivity index (χ0n) is 20.0. The highest BCUT2D eigenvalue weighted by Gasteiger charge is 2.16. The van der Waals surface area contributed by atoms with Crippen LogP contribution in [0, 0.1) is 12.3 Å². The highest BCUT2D eigenvalue weighted by atomic mass is 16.5. The van der Waals surface area contributed by atoms with Gasteiger partial charge in [-0.25, -0.2) is 0 Å². The predicted octanol–water partition coefficient (Wildman–Crippen LogP) is 7.38. The van der Waals surface area contributed by atoms with Gasteiger partial charge in [0.15, 0.2) is 0 Å². The van der Waals surface area contributed by atoms with Crippen LogP contribution in [-0.4, -0.2) is 28.8 Å². The fourth-order valence-electron chi connectivity index (χ4n) is 4.15. The Labute approximate surface area is 219 Å². The fraction of sp³-hybridized carbons (Fsp3) is 0.323. The van der Waals surface area contributed by atoms with E-state index in [2.05, 4.69) is 89.3 Å². The lowest BCUT2D eigenvalue weighted by molar-refractivity contribution is -0.126. The summed E-state index contributed by atoms with van der Waals surface area (Å²) in [4.78, 5) is 14.0. The number of pyridine rings is 1. The van der Waals surface area contributed by atoms with Crippen molar-refractivity contribution in [1.29, 1.82) is 0 Å². The number of rotatable bonds is 8. The van der Waals surface area contributed by atoms with Crippen molar-refractivity contribution in [2.45, 2.75) is 60.3 Å². The van der Waals surface area contributed by atoms with Crippen molar-refractivity contribution < 1.29 is 12.4 Å². The highest BCUT2D eigenvalue weighted by Crippen LogP contribution is 2.29. The Morgan fingerprint density at radius 3 is 2.50 bits per heavy atom. The van der Waals surface area contributed by atoms with Gasteiger partial charge in [0.2, 0.25) is 0 Å². The maximum absolute atomic E-state index is 8.95. The van der Waals surface area contributed by atoms with Gasteiger partial charge in [0.05, 0.1) is 18.8 Å². The number of nitrogens with one attached hydrogen (secondary N) is 1. The van der Waals surface area contributed by atoms with E-state index in [1.54, 1.807) is 0 Å². The van der Waals surface area contributed by atoms with Crippen molar-refractivity contribution in [3.05, 3.63) is 94.4 Å². The third-order valence-electron chi connectivity index (χ3n) is 5.89. The van der Waals surface area contributed by atoms with Crippen LogP contribution in [0.2, 0.25) is 0 Å². The number of carbonyl (C=O) groups is 1. The number of methoxy groups -OCH3 is 1. The standard InChI is InChI=1S/C27H27N3.C2H4O2.2CH4.2H2/c1-4-8-25(22-13-14-26-23(17-22)18-28-30-26)27-10-7-9-24(29-27)16-19-11-12-20(5-2)21(6-3)15-19;1-4-2-3;;;;/h1,7,9-15,17-18,25H,5-6,8,16H2,2-3H3,(H,28,30);2H,1H3;2*1H4;2*1H. The largest absolute Gasteiger partial charge is 0.471 e. The second-order valence-corrected chi connectivity index (χ2v) is 8.05. The van der Waals surface area contributed by atoms with Crippen LogP contribution in [-0.2, 0) is 28.8 Å². The van der Waals surface area contributed by atoms with Crippen LogP contribution in [0.4, 0.5) is 0 Å². The molecule has 2 aromatic carbocycles. The zero-order valence-corrected chi connectivity index (χ0v) is 20.0. The maximum atomic E-state index is 8.95. The molecule has 5 nitrogen and oxygen atoms in total. The summed E-state index contributed by atoms with van der Waals surface area (Å²) in [6.45, 7) is 4.81. The normalized spacial score (nSPS) is 10.6. The van der Waals surface area contributed by atoms with E-state index < -0.39 is 0 Å². The molecule has 194 valence electrons. The molecular formula is C31H43N3O2. The van der Waals surface area contributed by atoms with Crippen LogP contribution < -0.4 is 0 Å². The Hall–Kier alpha value is -3.91. The summed E-state index contributed by atoms with van der Waals surface area (Å²) < 4.78 is 3.86. The summed E-state index contributed by atoms with van der Waals surface area (Å²) in [6, 6.07) is 19.5. The molecule has 0 saturated carbocycles. The van der Waals surface area contributed by atoms with Gasteiger partial charge in [-0.2, -0.15) is 5.10 Å². The molecule has 4 rings (SSSR count). The minimum Gasteiger partial charge on any atom is -0.471 e. The smallest absolute Gasteiger partial charge is 0.292 e. The molecule has 0 bridgehead atoms. The number of terminal acetylenes is 1. The molecule has 2 heterocycles. The fourth-order valence-corrected chi connectivity index (χ4v) is 4.15. The van der Waals surface area contributed by atoms with Crippen molar-refractivity contribution in [3.8, 4) is 12.3 Å². The number of benzene rings is 2. The summed E-state index contributed by atoms with van der Waals surface area (Å²) >= 11 is 0. The predicted molar refractivity (Wildman–Crippen MR) is 154 cm³/mol. The third-order valence-corrected chi connectivity index (χ3v) is 5.89. The van der Waals surface area contributed by atoms with Crippen molar-refractivity contribution in [2.24, 2.45) is 0 Å². The number of aryl methyl sites for hydroxylation is 2. The first kappa shape index (κ1) is 30.1. The number of nitrogens with zero attached hydrogens (tertiary/aromatic N) is 2. The topological polar surface area (TPSA) is 67.9 Å². The second-order valence-electron chi connectivity index (χ2n) is 8.05. The number of aromatic nitrogens is 3. The van der Waals surface area contributed by atoms with Crippen LogP contribution in [0.15, 0.2) is 60.8 Å². The molecule has 0 aliphatic carbocycles. The molecule has 5 heteroatoms. The Balaban J connectivity index is 0. The molecule has 0 spiro atoms. The first-order valence-corrected chi connectivity index (χ1v) is 11.5. The van der Waals surface area contributed by atoms with E-state index >= 15 is 0 Å². The minimum absolute atomic E-state index is 0. The van der Waals surface area contributed by atoms with E-state index in [0.29, 0.717) is 12.9 Å². The molecule has 1 N–H and O–H groups in total. The van der Waals surface area contributed by atoms with Crippen molar-refractivity contribution >= 4 is 17.4 Å². The van der Waals surface area contributed by atoms with Gasteiger partial charge in [-0.15, -0.1) is 12.3 Å². The van der Waals surface area contributed by atoms with Crippen LogP contribution in [0.3, 0.4) is 0 Å². The summed E-state index contributed by atoms with van der Waals surface area (Å²) in [5, 5.41) is 8.22. The van der Waals surface area contributed by atoms with E-state index in [0.717, 1.165) is 41.6 Å². The number of aromatic amines is 1. The molecule has 0 aliphatic rings. The van der Waals surface area contributed by atoms with Gasteiger partial charge in [-0.1, -0.05) is 59.0 Å². The van der Waals surface area contributed by atoms with Gasteiger partial charge in [0.1, 0.15) is 0 Å². The number of hydrogen-bond donors (Lipinski definition) is 1. The summed E-state index contributed by atoms with van der Waals surface area (Å²) in [6.07, 6.45) is 11.1. The van der Waals surface area contributed by atoms with E-state index in [4.69, 9.17) is 16.2 Å². The average Bonchev–Trinajstić information content (AvgIpc) is 3.35. The van der Waals surface area contributed by atoms with Crippen molar-refractivity contribution in [1.82, 2.24) is 15.2 Å². The molecule has 0 fully saturated rings. The molecule has 0 aliphatic heterocycles. The molecule has 36 heavy (non-hydrogen) atoms. The molecule has 0 radical (unpaired) electrons. The van der Waals surface area contributed by atoms with Gasteiger partial charge in [0.25, 0.3) is 6.47 Å². The van der Waals surface area contributed by atoms with Crippen LogP contribution in [0.5, 0.6) is 0 Å². The Bertz CT molecular complexity index is 1280. The van der Waals surface area contributed by atoms with E-state index in [1.807, 2.05) is 6.20 Å². The summed E-state index contributed by atoms with van der Waals surface area (Å²) in [7, 11) is 1.31. The van der Waals surface area contributed by atoms with Crippen LogP contribution in [0.1, 0.15) is 77.5 Å². The number of ether oxygens (including phenoxy) is 1. The first-order valence-electron chi connectivity index (χ1n) is 11.5. The Kier molecular flexibility index (Phi) is 12.7. The van der Waals surface area contributed by atoms with E-state index in [1.165, 1.54) is 29.4 Å². The third kappa shape index (κ3) is 7.55. The van der Waals surface area contributed by atoms with Gasteiger partial charge >= 0.3 is 0 Å². The molecular weight excluding hydrogens is 446 g/mol. The van der Waals surface area contributed by atoms with Crippen LogP contribution in [0.25, 0.3) is 10.9 Å². The average molecular weight is 490 g/mol. The maximum Gasteiger partial charge on any atom is 0.292 e. The molecule has 0 saturated heterocycles. The van der Waals surface area contributed by atoms with Crippen molar-refractivity contribution in [2.75, 3.05) is 7.11 Å². The Morgan fingerprint density at radius 2 is 1.83 bits per heavy atom. The van der Waals surface area contributed by atoms with E-state index in [-0.39, 0.29) is 23.6 Å². The van der Waals surface area contributed by atoms with Crippen molar-refractivity contribution in [3.63, 3.8) is 0 Å². The lowest BCUT2D eigenvalue weighted by Crippen LogP contribution is -2.05. The van der Waals surface area contributed by atoms with E-state index in [9.17, 15) is 0 Å². The SMILES string of the molecule is C.C.C#CCC(c1ccc2[nH]ncc2c1)c1cccc(Cc2ccc(CC)c(CC)c2)n1.COC=O.[HH].[HH].